The maximum atomic E-state index is 11.8. The van der Waals surface area contributed by atoms with E-state index in [1.165, 1.54) is 43.0 Å². The first-order chi connectivity index (χ1) is 27.0. The molecule has 0 spiro atoms. The molecule has 12 heteroatoms. The third-order valence-corrected chi connectivity index (χ3v) is 13.3. The Bertz CT molecular complexity index is 2240. The lowest BCUT2D eigenvalue weighted by atomic mass is 9.88. The summed E-state index contributed by atoms with van der Waals surface area (Å²) >= 11 is 20.9. The van der Waals surface area contributed by atoms with Gasteiger partial charge in [0.2, 0.25) is 18.0 Å². The second kappa shape index (κ2) is 17.7. The van der Waals surface area contributed by atoms with Crippen molar-refractivity contribution in [1.29, 1.82) is 0 Å². The number of hydrogen-bond acceptors (Lipinski definition) is 6. The summed E-state index contributed by atoms with van der Waals surface area (Å²) in [4.78, 5) is 33.4. The van der Waals surface area contributed by atoms with Gasteiger partial charge in [0.05, 0.1) is 16.3 Å². The predicted octanol–water partition coefficient (Wildman–Crippen LogP) is 8.39. The van der Waals surface area contributed by atoms with E-state index in [2.05, 4.69) is 18.2 Å². The first-order valence-electron chi connectivity index (χ1n) is 19.3. The number of fused-ring (bicyclic) bond motifs is 4. The number of aryl methyl sites for hydroxylation is 2. The lowest BCUT2D eigenvalue weighted by molar-refractivity contribution is -0.906. The normalized spacial score (nSPS) is 16.5. The molecule has 2 aromatic carbocycles. The van der Waals surface area contributed by atoms with Gasteiger partial charge in [-0.1, -0.05) is 58.1 Å². The van der Waals surface area contributed by atoms with Gasteiger partial charge in [0, 0.05) is 95.4 Å². The van der Waals surface area contributed by atoms with Crippen molar-refractivity contribution in [3.05, 3.63) is 132 Å². The second-order valence-corrected chi connectivity index (χ2v) is 17.1. The minimum absolute atomic E-state index is 0.104. The van der Waals surface area contributed by atoms with Crippen LogP contribution in [-0.4, -0.2) is 70.3 Å². The number of thioether (sulfide) groups is 1. The molecular formula is C44H47Cl3N5O3S+. The van der Waals surface area contributed by atoms with E-state index in [1.54, 1.807) is 26.1 Å². The van der Waals surface area contributed by atoms with Crippen LogP contribution in [0.1, 0.15) is 84.3 Å². The van der Waals surface area contributed by atoms with Crippen LogP contribution >= 0.6 is 46.6 Å². The zero-order chi connectivity index (χ0) is 39.5. The summed E-state index contributed by atoms with van der Waals surface area (Å²) in [6.45, 7) is 6.85. The van der Waals surface area contributed by atoms with Crippen molar-refractivity contribution in [2.24, 2.45) is 5.73 Å². The minimum atomic E-state index is 0.104. The van der Waals surface area contributed by atoms with Crippen molar-refractivity contribution in [1.82, 2.24) is 14.8 Å². The van der Waals surface area contributed by atoms with E-state index in [-0.39, 0.29) is 11.8 Å². The number of amides is 2. The second-order valence-electron chi connectivity index (χ2n) is 14.7. The van der Waals surface area contributed by atoms with Gasteiger partial charge in [-0.2, -0.15) is 0 Å². The third kappa shape index (κ3) is 8.53. The van der Waals surface area contributed by atoms with Crippen molar-refractivity contribution < 1.29 is 19.5 Å². The number of halogens is 3. The minimum Gasteiger partial charge on any atom is -0.342 e. The number of nitrogens with two attached hydrogens (primary N) is 1. The number of carbonyl (C=O) groups is 2. The number of aromatic nitrogens is 2. The lowest BCUT2D eigenvalue weighted by Crippen LogP contribution is -2.38. The van der Waals surface area contributed by atoms with Crippen LogP contribution in [-0.2, 0) is 35.3 Å². The van der Waals surface area contributed by atoms with Crippen LogP contribution in [0.4, 0.5) is 0 Å². The van der Waals surface area contributed by atoms with Crippen molar-refractivity contribution in [3.63, 3.8) is 0 Å². The Hall–Kier alpha value is -3.86. The molecule has 4 aromatic rings. The molecule has 4 heterocycles. The summed E-state index contributed by atoms with van der Waals surface area (Å²) in [5.74, 6) is 1.16. The van der Waals surface area contributed by atoms with E-state index in [1.807, 2.05) is 52.0 Å². The van der Waals surface area contributed by atoms with Crippen LogP contribution in [0.5, 0.6) is 0 Å². The van der Waals surface area contributed by atoms with E-state index in [0.717, 1.165) is 109 Å². The Kier molecular flexibility index (Phi) is 12.8. The van der Waals surface area contributed by atoms with Crippen LogP contribution in [0.15, 0.2) is 77.0 Å². The van der Waals surface area contributed by atoms with E-state index in [9.17, 15) is 14.8 Å². The predicted molar refractivity (Wildman–Crippen MR) is 226 cm³/mol. The Morgan fingerprint density at radius 3 is 1.84 bits per heavy atom. The highest BCUT2D eigenvalue weighted by Crippen LogP contribution is 2.42. The average molecular weight is 832 g/mol. The third-order valence-electron chi connectivity index (χ3n) is 11.3. The molecule has 8 nitrogen and oxygen atoms in total. The van der Waals surface area contributed by atoms with E-state index in [0.29, 0.717) is 29.7 Å². The molecule has 56 heavy (non-hydrogen) atoms. The average Bonchev–Trinajstić information content (AvgIpc) is 3.47. The first kappa shape index (κ1) is 40.3. The molecule has 292 valence electrons. The Labute approximate surface area is 348 Å². The quantitative estimate of drug-likeness (QED) is 0.122. The van der Waals surface area contributed by atoms with Crippen molar-refractivity contribution in [2.75, 3.05) is 38.5 Å². The fourth-order valence-electron chi connectivity index (χ4n) is 8.50. The van der Waals surface area contributed by atoms with Gasteiger partial charge in [0.25, 0.3) is 5.69 Å². The molecule has 0 radical (unpaired) electrons. The lowest BCUT2D eigenvalue weighted by Gasteiger charge is -2.29. The van der Waals surface area contributed by atoms with Gasteiger partial charge in [-0.3, -0.25) is 19.8 Å². The van der Waals surface area contributed by atoms with Gasteiger partial charge in [0.15, 0.2) is 0 Å². The smallest absolute Gasteiger partial charge is 0.269 e. The summed E-state index contributed by atoms with van der Waals surface area (Å²) in [6.07, 6.45) is 10.3. The summed E-state index contributed by atoms with van der Waals surface area (Å²) < 4.78 is 1.19. The number of benzene rings is 2. The topological polar surface area (TPSA) is 104 Å². The highest BCUT2D eigenvalue weighted by Gasteiger charge is 2.33. The Morgan fingerprint density at radius 1 is 0.750 bits per heavy atom. The number of likely N-dealkylation sites (tertiary alicyclic amines) is 2. The van der Waals surface area contributed by atoms with Gasteiger partial charge < -0.3 is 15.5 Å². The zero-order valence-corrected chi connectivity index (χ0v) is 34.9. The fourth-order valence-corrected chi connectivity index (χ4v) is 10.00. The number of pyridine rings is 2. The van der Waals surface area contributed by atoms with E-state index >= 15 is 0 Å². The van der Waals surface area contributed by atoms with Crippen LogP contribution in [0, 0.1) is 0 Å². The molecular weight excluding hydrogens is 785 g/mol. The number of piperidine rings is 2. The maximum absolute atomic E-state index is 11.8. The van der Waals surface area contributed by atoms with Crippen LogP contribution in [0.3, 0.4) is 0 Å². The van der Waals surface area contributed by atoms with E-state index < -0.39 is 0 Å². The molecule has 2 saturated heterocycles. The van der Waals surface area contributed by atoms with E-state index in [4.69, 9.17) is 45.5 Å². The van der Waals surface area contributed by atoms with Gasteiger partial charge in [-0.25, -0.2) is 0 Å². The molecule has 2 fully saturated rings. The first-order valence-corrected chi connectivity index (χ1v) is 21.4. The molecule has 4 aliphatic rings. The van der Waals surface area contributed by atoms with Crippen LogP contribution in [0.25, 0.3) is 11.1 Å². The van der Waals surface area contributed by atoms with Gasteiger partial charge >= 0.3 is 0 Å². The molecule has 0 atom stereocenters. The van der Waals surface area contributed by atoms with Crippen LogP contribution < -0.4 is 10.5 Å². The van der Waals surface area contributed by atoms with Gasteiger partial charge in [-0.15, -0.1) is 11.8 Å². The Morgan fingerprint density at radius 2 is 1.29 bits per heavy atom. The van der Waals surface area contributed by atoms with Gasteiger partial charge in [0.1, 0.15) is 0 Å². The standard InChI is InChI=1S/C23H26ClN3OS.C21H21Cl2N2O2/c1-15(28)27-11-7-16(8-12-27)22-19-5-3-18(24)14-17(19)2-4-20-21(29-13-9-25)6-10-26-23(20)22;1-13(26)24-9-6-14(7-10-24)20-17-5-3-16(22)12-15(17)2-4-18-19(23)8-11-25(27)21(18)20/h3,5-6,10,14H,2,4,7-9,11-13,25H2,1H3;3,5,8,11-12,27H,2,4,6-7,9-10H2,1H3/q;+1. The van der Waals surface area contributed by atoms with Crippen molar-refractivity contribution in [3.8, 4) is 0 Å². The Balaban J connectivity index is 0.000000172. The number of hydrogen-bond donors (Lipinski definition) is 2. The molecule has 2 aliphatic heterocycles. The fraction of sp³-hybridized carbons (Fsp3) is 0.364. The summed E-state index contributed by atoms with van der Waals surface area (Å²) in [5, 5.41) is 12.8. The van der Waals surface area contributed by atoms with Crippen molar-refractivity contribution in [2.45, 2.75) is 70.1 Å². The summed E-state index contributed by atoms with van der Waals surface area (Å²) in [6, 6.07) is 16.0. The highest BCUT2D eigenvalue weighted by molar-refractivity contribution is 7.99. The molecule has 8 rings (SSSR count). The van der Waals surface area contributed by atoms with Gasteiger partial charge in [-0.05, 0) is 110 Å². The maximum Gasteiger partial charge on any atom is 0.269 e. The molecule has 0 saturated carbocycles. The number of rotatable bonds is 3. The molecule has 0 bridgehead atoms. The number of nitrogens with zero attached hydrogens (tertiary/aromatic N) is 4. The molecule has 0 unspecified atom stereocenters. The summed E-state index contributed by atoms with van der Waals surface area (Å²) in [7, 11) is 0. The SMILES string of the molecule is CC(=O)N1CCC(=C2c3ccc(Cl)cc3CCc3c(Cl)cc[n+](O)c32)CC1.CC(=O)N1CCC(=C2c3ccc(Cl)cc3CCc3c(SCCN)ccnc32)CC1. The summed E-state index contributed by atoms with van der Waals surface area (Å²) in [5.41, 5.74) is 19.6. The van der Waals surface area contributed by atoms with Crippen LogP contribution in [0.2, 0.25) is 15.1 Å². The monoisotopic (exact) mass is 830 g/mol. The largest absolute Gasteiger partial charge is 0.342 e. The number of carbonyl (C=O) groups excluding carboxylic acids is 2. The highest BCUT2D eigenvalue weighted by atomic mass is 35.5. The van der Waals surface area contributed by atoms with Crippen molar-refractivity contribution >= 4 is 69.5 Å². The molecule has 3 N–H and O–H groups in total. The molecule has 2 amide bonds. The zero-order valence-electron chi connectivity index (χ0n) is 31.8. The molecule has 2 aromatic heterocycles. The molecule has 2 aliphatic carbocycles.